The fourth-order valence-electron chi connectivity index (χ4n) is 2.71. The van der Waals surface area contributed by atoms with Crippen molar-refractivity contribution in [2.45, 2.75) is 26.3 Å². The summed E-state index contributed by atoms with van der Waals surface area (Å²) in [5.41, 5.74) is 8.85. The molecule has 0 amide bonds. The Hall–Kier alpha value is -1.13. The van der Waals surface area contributed by atoms with Crippen LogP contribution in [0.1, 0.15) is 24.5 Å². The van der Waals surface area contributed by atoms with E-state index in [0.717, 1.165) is 29.8 Å². The van der Waals surface area contributed by atoms with E-state index in [2.05, 4.69) is 17.9 Å². The van der Waals surface area contributed by atoms with E-state index in [1.165, 1.54) is 0 Å². The smallest absolute Gasteiger partial charge is 0.104 e. The van der Waals surface area contributed by atoms with Gasteiger partial charge in [-0.2, -0.15) is 0 Å². The Morgan fingerprint density at radius 1 is 1.56 bits per heavy atom. The second kappa shape index (κ2) is 5.24. The molecule has 1 aromatic carbocycles. The maximum absolute atomic E-state index is 9.50. The van der Waals surface area contributed by atoms with Crippen molar-refractivity contribution in [1.29, 1.82) is 0 Å². The summed E-state index contributed by atoms with van der Waals surface area (Å²) < 4.78 is 0. The van der Waals surface area contributed by atoms with Crippen LogP contribution in [0, 0.1) is 12.8 Å². The summed E-state index contributed by atoms with van der Waals surface area (Å²) in [4.78, 5) is 2.72. The minimum atomic E-state index is 0.206. The van der Waals surface area contributed by atoms with Gasteiger partial charge >= 0.3 is 0 Å². The van der Waals surface area contributed by atoms with Gasteiger partial charge in [-0.05, 0) is 43.0 Å². The Balaban J connectivity index is 2.29. The van der Waals surface area contributed by atoms with Crippen molar-refractivity contribution in [2.24, 2.45) is 11.7 Å². The molecule has 1 aliphatic rings. The fraction of sp³-hybridized carbons (Fsp3) is 0.500. The third-order valence-electron chi connectivity index (χ3n) is 3.88. The van der Waals surface area contributed by atoms with Crippen LogP contribution in [0.5, 0.6) is 0 Å². The van der Waals surface area contributed by atoms with Crippen molar-refractivity contribution in [3.05, 3.63) is 29.3 Å². The quantitative estimate of drug-likeness (QED) is 0.818. The summed E-state index contributed by atoms with van der Waals surface area (Å²) >= 11 is 5.02. The molecular weight excluding hydrogens is 244 g/mol. The molecule has 0 saturated carbocycles. The summed E-state index contributed by atoms with van der Waals surface area (Å²) in [6, 6.07) is 6.35. The number of benzene rings is 1. The molecule has 0 bridgehead atoms. The number of hydrogen-bond donors (Lipinski definition) is 2. The highest BCUT2D eigenvalue weighted by molar-refractivity contribution is 7.80. The standard InChI is InChI=1S/C14H20N2OS/c1-9-5-6-16(13(9)8-17)11-3-4-12(14(15)18)10(2)7-11/h3-4,7,9,13,17H,5-6,8H2,1-2H3,(H2,15,18). The van der Waals surface area contributed by atoms with E-state index in [1.54, 1.807) is 0 Å². The molecule has 1 aromatic rings. The highest BCUT2D eigenvalue weighted by Crippen LogP contribution is 2.30. The Bertz CT molecular complexity index is 461. The van der Waals surface area contributed by atoms with Crippen LogP contribution in [0.2, 0.25) is 0 Å². The molecule has 4 heteroatoms. The first-order valence-corrected chi connectivity index (χ1v) is 6.73. The zero-order chi connectivity index (χ0) is 13.3. The van der Waals surface area contributed by atoms with Gasteiger partial charge in [-0.3, -0.25) is 0 Å². The van der Waals surface area contributed by atoms with Gasteiger partial charge in [0.1, 0.15) is 4.99 Å². The van der Waals surface area contributed by atoms with Gasteiger partial charge in [0.15, 0.2) is 0 Å². The van der Waals surface area contributed by atoms with Gasteiger partial charge in [0.05, 0.1) is 12.6 Å². The Kier molecular flexibility index (Phi) is 3.88. The van der Waals surface area contributed by atoms with Gasteiger partial charge in [0.25, 0.3) is 0 Å². The van der Waals surface area contributed by atoms with Crippen molar-refractivity contribution in [3.63, 3.8) is 0 Å². The first-order chi connectivity index (χ1) is 8.54. The number of aliphatic hydroxyl groups excluding tert-OH is 1. The van der Waals surface area contributed by atoms with Crippen LogP contribution in [0.3, 0.4) is 0 Å². The van der Waals surface area contributed by atoms with E-state index in [0.29, 0.717) is 10.9 Å². The molecule has 0 aromatic heterocycles. The molecule has 1 aliphatic heterocycles. The van der Waals surface area contributed by atoms with E-state index < -0.39 is 0 Å². The monoisotopic (exact) mass is 264 g/mol. The van der Waals surface area contributed by atoms with Crippen LogP contribution < -0.4 is 10.6 Å². The topological polar surface area (TPSA) is 49.5 Å². The average Bonchev–Trinajstić information content (AvgIpc) is 2.69. The number of aryl methyl sites for hydroxylation is 1. The first kappa shape index (κ1) is 13.3. The number of anilines is 1. The molecule has 2 unspecified atom stereocenters. The van der Waals surface area contributed by atoms with E-state index >= 15 is 0 Å². The molecule has 1 fully saturated rings. The number of nitrogens with two attached hydrogens (primary N) is 1. The largest absolute Gasteiger partial charge is 0.394 e. The zero-order valence-electron chi connectivity index (χ0n) is 10.9. The number of nitrogens with zero attached hydrogens (tertiary/aromatic N) is 1. The Morgan fingerprint density at radius 2 is 2.28 bits per heavy atom. The van der Waals surface area contributed by atoms with E-state index in [4.69, 9.17) is 18.0 Å². The number of thiocarbonyl (C=S) groups is 1. The maximum Gasteiger partial charge on any atom is 0.104 e. The van der Waals surface area contributed by atoms with Crippen LogP contribution in [0.25, 0.3) is 0 Å². The van der Waals surface area contributed by atoms with Crippen LogP contribution in [-0.2, 0) is 0 Å². The molecule has 1 heterocycles. The van der Waals surface area contributed by atoms with Crippen LogP contribution in [-0.4, -0.2) is 29.3 Å². The van der Waals surface area contributed by atoms with Gasteiger partial charge < -0.3 is 15.7 Å². The van der Waals surface area contributed by atoms with Crippen molar-refractivity contribution in [1.82, 2.24) is 0 Å². The lowest BCUT2D eigenvalue weighted by Crippen LogP contribution is -2.35. The second-order valence-electron chi connectivity index (χ2n) is 5.07. The number of aliphatic hydroxyl groups is 1. The number of rotatable bonds is 3. The van der Waals surface area contributed by atoms with Crippen LogP contribution in [0.4, 0.5) is 5.69 Å². The van der Waals surface area contributed by atoms with Gasteiger partial charge in [0.2, 0.25) is 0 Å². The summed E-state index contributed by atoms with van der Waals surface area (Å²) in [5, 5.41) is 9.50. The number of hydrogen-bond acceptors (Lipinski definition) is 3. The SMILES string of the molecule is Cc1cc(N2CCC(C)C2CO)ccc1C(N)=S. The Morgan fingerprint density at radius 3 is 2.83 bits per heavy atom. The van der Waals surface area contributed by atoms with Crippen LogP contribution in [0.15, 0.2) is 18.2 Å². The van der Waals surface area contributed by atoms with Crippen molar-refractivity contribution in [3.8, 4) is 0 Å². The minimum Gasteiger partial charge on any atom is -0.394 e. The maximum atomic E-state index is 9.50. The molecule has 3 nitrogen and oxygen atoms in total. The molecule has 0 aliphatic carbocycles. The molecule has 0 radical (unpaired) electrons. The molecule has 0 spiro atoms. The van der Waals surface area contributed by atoms with E-state index in [-0.39, 0.29) is 12.6 Å². The van der Waals surface area contributed by atoms with Crippen molar-refractivity contribution >= 4 is 22.9 Å². The predicted octanol–water partition coefficient (Wildman–Crippen LogP) is 1.84. The van der Waals surface area contributed by atoms with E-state index in [1.807, 2.05) is 19.1 Å². The van der Waals surface area contributed by atoms with Crippen molar-refractivity contribution in [2.75, 3.05) is 18.1 Å². The molecule has 98 valence electrons. The summed E-state index contributed by atoms with van der Waals surface area (Å²) in [7, 11) is 0. The van der Waals surface area contributed by atoms with Gasteiger partial charge in [-0.25, -0.2) is 0 Å². The summed E-state index contributed by atoms with van der Waals surface area (Å²) in [6.45, 7) is 5.41. The first-order valence-electron chi connectivity index (χ1n) is 6.32. The normalized spacial score (nSPS) is 23.4. The Labute approximate surface area is 114 Å². The molecule has 2 rings (SSSR count). The minimum absolute atomic E-state index is 0.206. The van der Waals surface area contributed by atoms with Gasteiger partial charge in [-0.1, -0.05) is 19.1 Å². The predicted molar refractivity (Wildman–Crippen MR) is 79.1 cm³/mol. The van der Waals surface area contributed by atoms with Gasteiger partial charge in [0, 0.05) is 17.8 Å². The van der Waals surface area contributed by atoms with Gasteiger partial charge in [-0.15, -0.1) is 0 Å². The fourth-order valence-corrected chi connectivity index (χ4v) is 2.94. The third-order valence-corrected chi connectivity index (χ3v) is 4.10. The van der Waals surface area contributed by atoms with E-state index in [9.17, 15) is 5.11 Å². The molecule has 3 N–H and O–H groups in total. The second-order valence-corrected chi connectivity index (χ2v) is 5.51. The molecule has 1 saturated heterocycles. The van der Waals surface area contributed by atoms with Crippen LogP contribution >= 0.6 is 12.2 Å². The summed E-state index contributed by atoms with van der Waals surface area (Å²) in [6.07, 6.45) is 1.13. The molecule has 18 heavy (non-hydrogen) atoms. The molecule has 2 atom stereocenters. The zero-order valence-corrected chi connectivity index (χ0v) is 11.7. The highest BCUT2D eigenvalue weighted by atomic mass is 32.1. The summed E-state index contributed by atoms with van der Waals surface area (Å²) in [5.74, 6) is 0.533. The van der Waals surface area contributed by atoms with Crippen molar-refractivity contribution < 1.29 is 5.11 Å². The average molecular weight is 264 g/mol. The third kappa shape index (κ3) is 2.35. The lowest BCUT2D eigenvalue weighted by Gasteiger charge is -2.28. The lowest BCUT2D eigenvalue weighted by molar-refractivity contribution is 0.245. The highest BCUT2D eigenvalue weighted by Gasteiger charge is 2.30. The molecular formula is C14H20N2OS. The lowest BCUT2D eigenvalue weighted by atomic mass is 10.0.